The van der Waals surface area contributed by atoms with Gasteiger partial charge in [-0.1, -0.05) is 0 Å². The van der Waals surface area contributed by atoms with Crippen molar-refractivity contribution in [3.63, 3.8) is 0 Å². The molecule has 4 nitrogen and oxygen atoms in total. The molecule has 1 aromatic heterocycles. The molecule has 2 aliphatic rings. The van der Waals surface area contributed by atoms with Crippen LogP contribution in [0.15, 0.2) is 27.4 Å². The minimum atomic E-state index is -2.35. The van der Waals surface area contributed by atoms with Crippen LogP contribution >= 0.6 is 0 Å². The molecule has 1 aromatic carbocycles. The van der Waals surface area contributed by atoms with E-state index in [0.29, 0.717) is 16.7 Å². The molecule has 1 atom stereocenters. The molecule has 2 aliphatic heterocycles. The van der Waals surface area contributed by atoms with E-state index in [1.54, 1.807) is 12.3 Å². The molecule has 0 amide bonds. The van der Waals surface area contributed by atoms with Crippen LogP contribution in [0.2, 0.25) is 4.68 Å². The summed E-state index contributed by atoms with van der Waals surface area (Å²) in [5.74, 6) is -0.0802. The van der Waals surface area contributed by atoms with E-state index in [4.69, 9.17) is 0 Å². The van der Waals surface area contributed by atoms with E-state index in [0.717, 1.165) is 30.6 Å². The van der Waals surface area contributed by atoms with Crippen LogP contribution in [-0.4, -0.2) is 50.7 Å². The molecule has 0 saturated carbocycles. The molecular formula is C17H17F2InN4. The van der Waals surface area contributed by atoms with Crippen molar-refractivity contribution in [3.05, 3.63) is 41.6 Å². The average Bonchev–Trinajstić information content (AvgIpc) is 2.94. The van der Waals surface area contributed by atoms with Gasteiger partial charge in [-0.15, -0.1) is 0 Å². The van der Waals surface area contributed by atoms with Crippen LogP contribution in [0.5, 0.6) is 0 Å². The first-order valence-corrected chi connectivity index (χ1v) is 14.9. The monoisotopic (exact) mass is 430 g/mol. The van der Waals surface area contributed by atoms with Crippen molar-refractivity contribution in [2.45, 2.75) is 21.2 Å². The molecule has 0 bridgehead atoms. The van der Waals surface area contributed by atoms with Crippen LogP contribution in [0, 0.1) is 5.82 Å². The van der Waals surface area contributed by atoms with Gasteiger partial charge < -0.3 is 0 Å². The van der Waals surface area contributed by atoms with Crippen LogP contribution < -0.4 is 5.32 Å². The van der Waals surface area contributed by atoms with Crippen molar-refractivity contribution in [2.75, 3.05) is 13.1 Å². The first-order valence-electron chi connectivity index (χ1n) is 8.20. The zero-order chi connectivity index (χ0) is 16.7. The summed E-state index contributed by atoms with van der Waals surface area (Å²) in [6.07, 6.45) is 4.92. The van der Waals surface area contributed by atoms with E-state index in [1.807, 2.05) is 10.7 Å². The summed E-state index contributed by atoms with van der Waals surface area (Å²) in [6.45, 7) is 1.71. The number of hydrogen-bond acceptors (Lipinski definition) is 4. The summed E-state index contributed by atoms with van der Waals surface area (Å²) < 4.78 is 34.2. The van der Waals surface area contributed by atoms with E-state index < -0.39 is 21.7 Å². The number of halogens is 2. The van der Waals surface area contributed by atoms with Crippen molar-refractivity contribution in [2.24, 2.45) is 2.98 Å². The summed E-state index contributed by atoms with van der Waals surface area (Å²) >= 11 is -2.35. The Morgan fingerprint density at radius 2 is 2.17 bits per heavy atom. The van der Waals surface area contributed by atoms with E-state index >= 15 is 0 Å². The van der Waals surface area contributed by atoms with Gasteiger partial charge in [-0.2, -0.15) is 0 Å². The maximum absolute atomic E-state index is 14.6. The topological polar surface area (TPSA) is 50.2 Å². The summed E-state index contributed by atoms with van der Waals surface area (Å²) in [5.41, 5.74) is 2.36. The van der Waals surface area contributed by atoms with Crippen molar-refractivity contribution in [1.29, 1.82) is 0 Å². The van der Waals surface area contributed by atoms with Crippen LogP contribution in [0.1, 0.15) is 27.9 Å². The van der Waals surface area contributed by atoms with Crippen LogP contribution in [0.4, 0.5) is 8.78 Å². The fourth-order valence-electron chi connectivity index (χ4n) is 3.39. The van der Waals surface area contributed by atoms with Gasteiger partial charge in [0, 0.05) is 0 Å². The second kappa shape index (κ2) is 6.52. The number of hydrogen-bond donors (Lipinski definition) is 1. The van der Waals surface area contributed by atoms with Crippen molar-refractivity contribution >= 4 is 44.2 Å². The molecule has 0 radical (unpaired) electrons. The van der Waals surface area contributed by atoms with Gasteiger partial charge in [0.15, 0.2) is 0 Å². The van der Waals surface area contributed by atoms with E-state index in [2.05, 4.69) is 24.3 Å². The van der Waals surface area contributed by atoms with Crippen LogP contribution in [0.3, 0.4) is 0 Å². The molecule has 7 heteroatoms. The van der Waals surface area contributed by atoms with E-state index in [-0.39, 0.29) is 21.9 Å². The molecule has 1 unspecified atom stereocenters. The molecular weight excluding hydrogens is 413 g/mol. The Morgan fingerprint density at radius 1 is 1.29 bits per heavy atom. The van der Waals surface area contributed by atoms with Crippen molar-refractivity contribution < 1.29 is 8.78 Å². The summed E-state index contributed by atoms with van der Waals surface area (Å²) in [6, 6.07) is 3.49. The molecule has 3 heterocycles. The van der Waals surface area contributed by atoms with Gasteiger partial charge >= 0.3 is 147 Å². The molecule has 0 aliphatic carbocycles. The summed E-state index contributed by atoms with van der Waals surface area (Å²) in [4.78, 5) is 8.83. The SMILES string of the molecule is [CH3][In]1[N]=C(F)C[CH]1c1ncc2cc(C3=CCNCC3)cc(F)c2n1. The van der Waals surface area contributed by atoms with E-state index in [9.17, 15) is 8.78 Å². The molecule has 0 saturated heterocycles. The second-order valence-electron chi connectivity index (χ2n) is 6.36. The van der Waals surface area contributed by atoms with Crippen LogP contribution in [-0.2, 0) is 0 Å². The quantitative estimate of drug-likeness (QED) is 0.797. The Hall–Kier alpha value is -1.34. The number of nitrogens with one attached hydrogen (secondary N) is 1. The zero-order valence-electron chi connectivity index (χ0n) is 13.4. The van der Waals surface area contributed by atoms with Crippen molar-refractivity contribution in [1.82, 2.24) is 15.3 Å². The molecule has 2 aromatic rings. The normalized spacial score (nSPS) is 21.1. The number of nitrogens with zero attached hydrogens (tertiary/aromatic N) is 3. The Kier molecular flexibility index (Phi) is 4.39. The van der Waals surface area contributed by atoms with Gasteiger partial charge in [0.2, 0.25) is 0 Å². The fraction of sp³-hybridized carbons (Fsp3) is 0.353. The fourth-order valence-corrected chi connectivity index (χ4v) is 8.68. The maximum atomic E-state index is 14.6. The minimum absolute atomic E-state index is 0.0117. The Balaban J connectivity index is 1.73. The van der Waals surface area contributed by atoms with Gasteiger partial charge in [0.1, 0.15) is 0 Å². The number of rotatable bonds is 2. The predicted molar refractivity (Wildman–Crippen MR) is 92.5 cm³/mol. The third kappa shape index (κ3) is 2.99. The Morgan fingerprint density at radius 3 is 2.88 bits per heavy atom. The molecule has 4 rings (SSSR count). The zero-order valence-corrected chi connectivity index (χ0v) is 16.7. The van der Waals surface area contributed by atoms with E-state index in [1.165, 1.54) is 0 Å². The van der Waals surface area contributed by atoms with Gasteiger partial charge in [-0.25, -0.2) is 0 Å². The van der Waals surface area contributed by atoms with Gasteiger partial charge in [0.25, 0.3) is 0 Å². The number of benzene rings is 1. The van der Waals surface area contributed by atoms with Crippen LogP contribution in [0.25, 0.3) is 16.5 Å². The molecule has 0 fully saturated rings. The molecule has 24 heavy (non-hydrogen) atoms. The first kappa shape index (κ1) is 16.1. The molecule has 1 N–H and O–H groups in total. The third-order valence-electron chi connectivity index (χ3n) is 4.74. The molecule has 122 valence electrons. The third-order valence-corrected chi connectivity index (χ3v) is 11.5. The standard InChI is InChI=1S/C16H14F2N4.CH3.In/c17-13-8-11(10-3-5-20-6-4-10)7-12-9-21-15(22-16(12)13)2-1-14(18)19;;/h2-3,7-9,20H,1,4-6H2;1H3;/q-1;;+1. The van der Waals surface area contributed by atoms with Gasteiger partial charge in [-0.3, -0.25) is 0 Å². The second-order valence-corrected chi connectivity index (χ2v) is 13.6. The molecule has 0 spiro atoms. The Labute approximate surface area is 147 Å². The van der Waals surface area contributed by atoms with Crippen molar-refractivity contribution in [3.8, 4) is 0 Å². The summed E-state index contributed by atoms with van der Waals surface area (Å²) in [7, 11) is 0. The van der Waals surface area contributed by atoms with Gasteiger partial charge in [-0.05, 0) is 0 Å². The van der Waals surface area contributed by atoms with Gasteiger partial charge in [0.05, 0.1) is 0 Å². The number of aromatic nitrogens is 2. The Bertz CT molecular complexity index is 865. The number of fused-ring (bicyclic) bond motifs is 1. The average molecular weight is 430 g/mol. The first-order chi connectivity index (χ1) is 11.6. The summed E-state index contributed by atoms with van der Waals surface area (Å²) in [5, 5.41) is 3.94. The predicted octanol–water partition coefficient (Wildman–Crippen LogP) is 3.16.